The molecule has 0 bridgehead atoms. The first-order chi connectivity index (χ1) is 7.74. The zero-order valence-electron chi connectivity index (χ0n) is 10.8. The van der Waals surface area contributed by atoms with Gasteiger partial charge in [0.25, 0.3) is 0 Å². The Morgan fingerprint density at radius 3 is 2.38 bits per heavy atom. The van der Waals surface area contributed by atoms with Crippen molar-refractivity contribution in [1.82, 2.24) is 5.32 Å². The van der Waals surface area contributed by atoms with Gasteiger partial charge in [-0.15, -0.1) is 0 Å². The lowest BCUT2D eigenvalue weighted by Crippen LogP contribution is -2.18. The van der Waals surface area contributed by atoms with Gasteiger partial charge in [-0.2, -0.15) is 0 Å². The number of hydrogen-bond donors (Lipinski definition) is 1. The minimum absolute atomic E-state index is 1.13. The van der Waals surface area contributed by atoms with E-state index in [-0.39, 0.29) is 0 Å². The Bertz CT molecular complexity index is 279. The second-order valence-corrected chi connectivity index (χ2v) is 4.42. The summed E-state index contributed by atoms with van der Waals surface area (Å²) in [4.78, 5) is 2.33. The third-order valence-corrected chi connectivity index (χ3v) is 2.90. The van der Waals surface area contributed by atoms with Crippen molar-refractivity contribution in [3.8, 4) is 0 Å². The SMILES string of the molecule is CNCCCCCN(C)c1ccc(C)cc1. The molecule has 0 aliphatic heterocycles. The summed E-state index contributed by atoms with van der Waals surface area (Å²) in [5.41, 5.74) is 2.64. The molecule has 0 atom stereocenters. The van der Waals surface area contributed by atoms with Crippen LogP contribution in [0.15, 0.2) is 24.3 Å². The van der Waals surface area contributed by atoms with Crippen LogP contribution < -0.4 is 10.2 Å². The molecule has 0 aliphatic rings. The maximum absolute atomic E-state index is 3.18. The van der Waals surface area contributed by atoms with Gasteiger partial charge in [0.2, 0.25) is 0 Å². The van der Waals surface area contributed by atoms with E-state index in [0.29, 0.717) is 0 Å². The molecule has 1 aromatic carbocycles. The zero-order valence-corrected chi connectivity index (χ0v) is 10.8. The van der Waals surface area contributed by atoms with Crippen molar-refractivity contribution in [2.75, 3.05) is 32.1 Å². The van der Waals surface area contributed by atoms with Gasteiger partial charge in [0.05, 0.1) is 0 Å². The normalized spacial score (nSPS) is 10.4. The summed E-state index contributed by atoms with van der Waals surface area (Å²) in [7, 11) is 4.18. The first-order valence-electron chi connectivity index (χ1n) is 6.16. The van der Waals surface area contributed by atoms with Crippen molar-refractivity contribution in [2.24, 2.45) is 0 Å². The molecule has 0 unspecified atom stereocenters. The van der Waals surface area contributed by atoms with E-state index in [1.807, 2.05) is 7.05 Å². The second kappa shape index (κ2) is 7.29. The third-order valence-electron chi connectivity index (χ3n) is 2.90. The third kappa shape index (κ3) is 4.67. The summed E-state index contributed by atoms with van der Waals surface area (Å²) in [6, 6.07) is 8.74. The average Bonchev–Trinajstić information content (AvgIpc) is 2.29. The summed E-state index contributed by atoms with van der Waals surface area (Å²) in [5.74, 6) is 0. The second-order valence-electron chi connectivity index (χ2n) is 4.42. The van der Waals surface area contributed by atoms with E-state index in [1.165, 1.54) is 30.5 Å². The first-order valence-corrected chi connectivity index (χ1v) is 6.16. The molecule has 90 valence electrons. The molecule has 1 aromatic rings. The number of rotatable bonds is 7. The van der Waals surface area contributed by atoms with E-state index in [0.717, 1.165) is 13.1 Å². The van der Waals surface area contributed by atoms with Crippen LogP contribution >= 0.6 is 0 Å². The van der Waals surface area contributed by atoms with Crippen molar-refractivity contribution in [1.29, 1.82) is 0 Å². The molecule has 0 radical (unpaired) electrons. The standard InChI is InChI=1S/C14H24N2/c1-13-7-9-14(10-8-13)16(3)12-6-4-5-11-15-2/h7-10,15H,4-6,11-12H2,1-3H3. The summed E-state index contributed by atoms with van der Waals surface area (Å²) in [5, 5.41) is 3.18. The fourth-order valence-corrected chi connectivity index (χ4v) is 1.76. The van der Waals surface area contributed by atoms with Gasteiger partial charge in [-0.05, 0) is 45.5 Å². The first kappa shape index (κ1) is 13.0. The molecule has 0 saturated carbocycles. The zero-order chi connectivity index (χ0) is 11.8. The lowest BCUT2D eigenvalue weighted by atomic mass is 10.2. The molecule has 2 heteroatoms. The summed E-state index contributed by atoms with van der Waals surface area (Å²) in [6.45, 7) is 4.41. The van der Waals surface area contributed by atoms with Gasteiger partial charge in [0, 0.05) is 19.3 Å². The molecule has 0 saturated heterocycles. The molecule has 0 spiro atoms. The van der Waals surface area contributed by atoms with Gasteiger partial charge in [-0.3, -0.25) is 0 Å². The Labute approximate surface area is 99.7 Å². The average molecular weight is 220 g/mol. The van der Waals surface area contributed by atoms with Crippen LogP contribution in [-0.2, 0) is 0 Å². The fraction of sp³-hybridized carbons (Fsp3) is 0.571. The highest BCUT2D eigenvalue weighted by Gasteiger charge is 1.99. The van der Waals surface area contributed by atoms with E-state index in [4.69, 9.17) is 0 Å². The van der Waals surface area contributed by atoms with Crippen LogP contribution in [0.25, 0.3) is 0 Å². The molecule has 1 rings (SSSR count). The van der Waals surface area contributed by atoms with Gasteiger partial charge in [0.15, 0.2) is 0 Å². The molecule has 0 aliphatic carbocycles. The van der Waals surface area contributed by atoms with Gasteiger partial charge in [-0.1, -0.05) is 24.1 Å². The van der Waals surface area contributed by atoms with Crippen LogP contribution in [0.5, 0.6) is 0 Å². The highest BCUT2D eigenvalue weighted by Crippen LogP contribution is 2.13. The van der Waals surface area contributed by atoms with Crippen molar-refractivity contribution in [2.45, 2.75) is 26.2 Å². The van der Waals surface area contributed by atoms with Gasteiger partial charge < -0.3 is 10.2 Å². The molecular formula is C14H24N2. The highest BCUT2D eigenvalue weighted by atomic mass is 15.1. The maximum Gasteiger partial charge on any atom is 0.0363 e. The van der Waals surface area contributed by atoms with E-state index in [1.54, 1.807) is 0 Å². The predicted molar refractivity (Wildman–Crippen MR) is 72.2 cm³/mol. The van der Waals surface area contributed by atoms with Crippen LogP contribution in [0.4, 0.5) is 5.69 Å². The van der Waals surface area contributed by atoms with Gasteiger partial charge >= 0.3 is 0 Å². The minimum Gasteiger partial charge on any atom is -0.375 e. The van der Waals surface area contributed by atoms with Gasteiger partial charge in [-0.25, -0.2) is 0 Å². The Balaban J connectivity index is 2.24. The van der Waals surface area contributed by atoms with Crippen LogP contribution in [0.2, 0.25) is 0 Å². The van der Waals surface area contributed by atoms with Crippen molar-refractivity contribution in [3.63, 3.8) is 0 Å². The summed E-state index contributed by atoms with van der Waals surface area (Å²) >= 11 is 0. The predicted octanol–water partition coefficient (Wildman–Crippen LogP) is 2.82. The number of unbranched alkanes of at least 4 members (excludes halogenated alkanes) is 2. The fourth-order valence-electron chi connectivity index (χ4n) is 1.76. The molecule has 0 heterocycles. The molecule has 1 N–H and O–H groups in total. The Morgan fingerprint density at radius 2 is 1.75 bits per heavy atom. The number of benzene rings is 1. The maximum atomic E-state index is 3.18. The number of nitrogens with one attached hydrogen (secondary N) is 1. The van der Waals surface area contributed by atoms with Crippen LogP contribution in [0.3, 0.4) is 0 Å². The van der Waals surface area contributed by atoms with Crippen LogP contribution in [0, 0.1) is 6.92 Å². The Morgan fingerprint density at radius 1 is 1.06 bits per heavy atom. The number of hydrogen-bond acceptors (Lipinski definition) is 2. The van der Waals surface area contributed by atoms with Crippen molar-refractivity contribution < 1.29 is 0 Å². The van der Waals surface area contributed by atoms with E-state index in [2.05, 4.69) is 48.5 Å². The molecule has 0 fully saturated rings. The van der Waals surface area contributed by atoms with E-state index < -0.39 is 0 Å². The largest absolute Gasteiger partial charge is 0.375 e. The Hall–Kier alpha value is -1.02. The van der Waals surface area contributed by atoms with E-state index in [9.17, 15) is 0 Å². The number of nitrogens with zero attached hydrogens (tertiary/aromatic N) is 1. The van der Waals surface area contributed by atoms with E-state index >= 15 is 0 Å². The minimum atomic E-state index is 1.13. The highest BCUT2D eigenvalue weighted by molar-refractivity contribution is 5.46. The van der Waals surface area contributed by atoms with Crippen LogP contribution in [-0.4, -0.2) is 27.2 Å². The van der Waals surface area contributed by atoms with Gasteiger partial charge in [0.1, 0.15) is 0 Å². The Kier molecular flexibility index (Phi) is 5.94. The molecule has 16 heavy (non-hydrogen) atoms. The summed E-state index contributed by atoms with van der Waals surface area (Å²) in [6.07, 6.45) is 3.85. The molecule has 0 amide bonds. The molecule has 0 aromatic heterocycles. The summed E-state index contributed by atoms with van der Waals surface area (Å²) < 4.78 is 0. The molecule has 2 nitrogen and oxygen atoms in total. The van der Waals surface area contributed by atoms with Crippen LogP contribution in [0.1, 0.15) is 24.8 Å². The van der Waals surface area contributed by atoms with Crippen molar-refractivity contribution in [3.05, 3.63) is 29.8 Å². The quantitative estimate of drug-likeness (QED) is 0.711. The van der Waals surface area contributed by atoms with Crippen molar-refractivity contribution >= 4 is 5.69 Å². The molecular weight excluding hydrogens is 196 g/mol. The number of aryl methyl sites for hydroxylation is 1. The monoisotopic (exact) mass is 220 g/mol. The smallest absolute Gasteiger partial charge is 0.0363 e. The number of anilines is 1. The lowest BCUT2D eigenvalue weighted by molar-refractivity contribution is 0.639. The lowest BCUT2D eigenvalue weighted by Gasteiger charge is -2.19. The topological polar surface area (TPSA) is 15.3 Å².